The Balaban J connectivity index is 2.41. The molecule has 0 saturated heterocycles. The van der Waals surface area contributed by atoms with E-state index in [1.54, 1.807) is 6.92 Å². The van der Waals surface area contributed by atoms with Gasteiger partial charge in [-0.05, 0) is 54.8 Å². The highest BCUT2D eigenvalue weighted by Crippen LogP contribution is 2.21. The van der Waals surface area contributed by atoms with Gasteiger partial charge in [-0.1, -0.05) is 26.0 Å². The zero-order valence-corrected chi connectivity index (χ0v) is 21.4. The topological polar surface area (TPSA) is 90.0 Å². The highest BCUT2D eigenvalue weighted by Gasteiger charge is 2.32. The first kappa shape index (κ1) is 28.2. The van der Waals surface area contributed by atoms with Crippen molar-refractivity contribution in [3.8, 4) is 0 Å². The Morgan fingerprint density at radius 1 is 0.914 bits per heavy atom. The highest BCUT2D eigenvalue weighted by atomic mass is 32.2. The van der Waals surface area contributed by atoms with Crippen molar-refractivity contribution in [2.24, 2.45) is 5.92 Å². The Bertz CT molecular complexity index is 1110. The molecule has 0 fully saturated rings. The monoisotopic (exact) mass is 510 g/mol. The molecule has 0 unspecified atom stereocenters. The molecule has 0 aliphatic rings. The number of nitrogens with zero attached hydrogens (tertiary/aromatic N) is 3. The second-order valence-corrected chi connectivity index (χ2v) is 10.8. The van der Waals surface area contributed by atoms with Gasteiger partial charge in [-0.2, -0.15) is 12.7 Å². The molecule has 0 heterocycles. The van der Waals surface area contributed by atoms with Gasteiger partial charge in [0, 0.05) is 27.2 Å². The van der Waals surface area contributed by atoms with E-state index in [9.17, 15) is 26.8 Å². The van der Waals surface area contributed by atoms with Crippen molar-refractivity contribution in [3.63, 3.8) is 0 Å². The highest BCUT2D eigenvalue weighted by molar-refractivity contribution is 7.90. The molecule has 35 heavy (non-hydrogen) atoms. The van der Waals surface area contributed by atoms with Crippen molar-refractivity contribution >= 4 is 27.7 Å². The second-order valence-electron chi connectivity index (χ2n) is 8.74. The van der Waals surface area contributed by atoms with Crippen LogP contribution in [-0.2, 0) is 26.3 Å². The van der Waals surface area contributed by atoms with E-state index in [2.05, 4.69) is 5.32 Å². The number of hydrogen-bond donors (Lipinski definition) is 1. The van der Waals surface area contributed by atoms with E-state index < -0.39 is 46.2 Å². The summed E-state index contributed by atoms with van der Waals surface area (Å²) in [6.07, 6.45) is 0. The number of carbonyl (C=O) groups excluding carboxylic acids is 2. The molecule has 0 saturated carbocycles. The third kappa shape index (κ3) is 7.72. The summed E-state index contributed by atoms with van der Waals surface area (Å²) in [5, 5.41) is 2.78. The number of benzene rings is 2. The summed E-state index contributed by atoms with van der Waals surface area (Å²) >= 11 is 0. The van der Waals surface area contributed by atoms with Gasteiger partial charge in [0.15, 0.2) is 0 Å². The normalized spacial score (nSPS) is 12.5. The number of hydrogen-bond acceptors (Lipinski definition) is 4. The van der Waals surface area contributed by atoms with Gasteiger partial charge in [0.25, 0.3) is 0 Å². The third-order valence-electron chi connectivity index (χ3n) is 5.25. The minimum atomic E-state index is -4.13. The molecule has 11 heteroatoms. The smallest absolute Gasteiger partial charge is 0.304 e. The molecule has 0 aliphatic carbocycles. The first-order chi connectivity index (χ1) is 16.3. The summed E-state index contributed by atoms with van der Waals surface area (Å²) < 4.78 is 54.7. The van der Waals surface area contributed by atoms with Gasteiger partial charge in [0.1, 0.15) is 24.2 Å². The van der Waals surface area contributed by atoms with Gasteiger partial charge < -0.3 is 10.2 Å². The van der Waals surface area contributed by atoms with Crippen LogP contribution in [0.2, 0.25) is 0 Å². The fourth-order valence-corrected chi connectivity index (χ4v) is 4.20. The van der Waals surface area contributed by atoms with Crippen LogP contribution in [0.5, 0.6) is 0 Å². The van der Waals surface area contributed by atoms with Crippen molar-refractivity contribution in [1.29, 1.82) is 0 Å². The van der Waals surface area contributed by atoms with E-state index in [4.69, 9.17) is 0 Å². The first-order valence-electron chi connectivity index (χ1n) is 11.1. The third-order valence-corrected chi connectivity index (χ3v) is 7.07. The van der Waals surface area contributed by atoms with E-state index in [-0.39, 0.29) is 18.2 Å². The van der Waals surface area contributed by atoms with Crippen LogP contribution in [0, 0.1) is 17.6 Å². The van der Waals surface area contributed by atoms with Crippen molar-refractivity contribution in [2.45, 2.75) is 33.4 Å². The van der Waals surface area contributed by atoms with Crippen LogP contribution in [0.3, 0.4) is 0 Å². The summed E-state index contributed by atoms with van der Waals surface area (Å²) in [4.78, 5) is 27.5. The number of halogens is 2. The average molecular weight is 511 g/mol. The van der Waals surface area contributed by atoms with Gasteiger partial charge in [-0.25, -0.2) is 13.1 Å². The molecular formula is C24H32F2N4O4S. The number of nitrogens with one attached hydrogen (secondary N) is 1. The molecule has 1 N–H and O–H groups in total. The molecule has 0 aromatic heterocycles. The van der Waals surface area contributed by atoms with Crippen LogP contribution in [0.4, 0.5) is 14.5 Å². The molecule has 2 rings (SSSR count). The van der Waals surface area contributed by atoms with Gasteiger partial charge in [0.2, 0.25) is 11.8 Å². The predicted molar refractivity (Wildman–Crippen MR) is 131 cm³/mol. The standard InChI is InChI=1S/C24H32F2N4O4S/c1-17(2)14-27-24(32)18(3)29(15-19-6-8-20(25)9-7-19)23(31)16-30(35(33,34)28(4)5)22-12-10-21(26)11-13-22/h6-13,17-18H,14-16H2,1-5H3,(H,27,32)/t18-/m1/s1. The largest absolute Gasteiger partial charge is 0.354 e. The lowest BCUT2D eigenvalue weighted by molar-refractivity contribution is -0.139. The Hall–Kier alpha value is -3.05. The van der Waals surface area contributed by atoms with Crippen molar-refractivity contribution < 1.29 is 26.8 Å². The molecule has 0 bridgehead atoms. The Morgan fingerprint density at radius 2 is 1.43 bits per heavy atom. The minimum absolute atomic E-state index is 0.0470. The van der Waals surface area contributed by atoms with Gasteiger partial charge in [0.05, 0.1) is 5.69 Å². The van der Waals surface area contributed by atoms with Crippen LogP contribution in [-0.4, -0.2) is 62.7 Å². The number of rotatable bonds is 11. The summed E-state index contributed by atoms with van der Waals surface area (Å²) in [5.74, 6) is -1.88. The lowest BCUT2D eigenvalue weighted by Gasteiger charge is -2.33. The van der Waals surface area contributed by atoms with Crippen LogP contribution < -0.4 is 9.62 Å². The van der Waals surface area contributed by atoms with E-state index in [0.717, 1.165) is 20.7 Å². The minimum Gasteiger partial charge on any atom is -0.354 e. The van der Waals surface area contributed by atoms with E-state index >= 15 is 0 Å². The van der Waals surface area contributed by atoms with Crippen molar-refractivity contribution in [3.05, 3.63) is 65.7 Å². The van der Waals surface area contributed by atoms with Crippen LogP contribution in [0.1, 0.15) is 26.3 Å². The fraction of sp³-hybridized carbons (Fsp3) is 0.417. The van der Waals surface area contributed by atoms with Gasteiger partial charge in [-0.3, -0.25) is 9.59 Å². The van der Waals surface area contributed by atoms with Crippen molar-refractivity contribution in [1.82, 2.24) is 14.5 Å². The quantitative estimate of drug-likeness (QED) is 0.504. The summed E-state index contributed by atoms with van der Waals surface area (Å²) in [7, 11) is -1.50. The zero-order chi connectivity index (χ0) is 26.3. The number of amides is 2. The fourth-order valence-electron chi connectivity index (χ4n) is 3.15. The molecule has 0 spiro atoms. The van der Waals surface area contributed by atoms with Crippen LogP contribution in [0.15, 0.2) is 48.5 Å². The Morgan fingerprint density at radius 3 is 1.91 bits per heavy atom. The molecule has 2 aromatic carbocycles. The summed E-state index contributed by atoms with van der Waals surface area (Å²) in [6.45, 7) is 5.13. The zero-order valence-electron chi connectivity index (χ0n) is 20.5. The molecule has 2 amide bonds. The molecule has 2 aromatic rings. The lowest BCUT2D eigenvalue weighted by atomic mass is 10.1. The Labute approximate surface area is 205 Å². The number of carbonyl (C=O) groups is 2. The van der Waals surface area contributed by atoms with Crippen LogP contribution >= 0.6 is 0 Å². The molecule has 0 aliphatic heterocycles. The van der Waals surface area contributed by atoms with Gasteiger partial charge in [-0.15, -0.1) is 0 Å². The molecular weight excluding hydrogens is 478 g/mol. The SMILES string of the molecule is CC(C)CNC(=O)[C@@H](C)N(Cc1ccc(F)cc1)C(=O)CN(c1ccc(F)cc1)S(=O)(=O)N(C)C. The summed E-state index contributed by atoms with van der Waals surface area (Å²) in [5.41, 5.74) is 0.652. The van der Waals surface area contributed by atoms with Crippen molar-refractivity contribution in [2.75, 3.05) is 31.5 Å². The molecule has 192 valence electrons. The second kappa shape index (κ2) is 12.1. The maximum absolute atomic E-state index is 13.5. The van der Waals surface area contributed by atoms with Gasteiger partial charge >= 0.3 is 10.2 Å². The van der Waals surface area contributed by atoms with E-state index in [1.165, 1.54) is 55.4 Å². The molecule has 0 radical (unpaired) electrons. The maximum Gasteiger partial charge on any atom is 0.304 e. The van der Waals surface area contributed by atoms with E-state index in [1.807, 2.05) is 13.8 Å². The van der Waals surface area contributed by atoms with E-state index in [0.29, 0.717) is 12.1 Å². The summed E-state index contributed by atoms with van der Waals surface area (Å²) in [6, 6.07) is 9.21. The predicted octanol–water partition coefficient (Wildman–Crippen LogP) is 2.77. The molecule has 1 atom stereocenters. The Kier molecular flexibility index (Phi) is 9.73. The maximum atomic E-state index is 13.5. The molecule has 8 nitrogen and oxygen atoms in total. The lowest BCUT2D eigenvalue weighted by Crippen LogP contribution is -2.52. The number of anilines is 1. The average Bonchev–Trinajstić information content (AvgIpc) is 2.80. The first-order valence-corrected chi connectivity index (χ1v) is 12.5. The van der Waals surface area contributed by atoms with Crippen LogP contribution in [0.25, 0.3) is 0 Å².